The van der Waals surface area contributed by atoms with Gasteiger partial charge in [0.1, 0.15) is 11.8 Å². The van der Waals surface area contributed by atoms with Crippen molar-refractivity contribution in [2.75, 3.05) is 13.1 Å². The Morgan fingerprint density at radius 3 is 2.68 bits per heavy atom. The average molecular weight is 566 g/mol. The van der Waals surface area contributed by atoms with Gasteiger partial charge in [-0.05, 0) is 37.5 Å². The number of nitrogens with two attached hydrogens (primary N) is 1. The fraction of sp³-hybridized carbons (Fsp3) is 0.379. The lowest BCUT2D eigenvalue weighted by atomic mass is 9.98. The number of Topliss-reactive ketones (excluding diaryl/α,β-unsaturated/α-hetero) is 1. The first-order valence-electron chi connectivity index (χ1n) is 13.2. The van der Waals surface area contributed by atoms with Crippen molar-refractivity contribution in [2.45, 2.75) is 51.2 Å². The number of aromatic nitrogens is 3. The SMILES string of the molecule is CC(N=CC(=CN)c1cnn2c(-c3cccc(CC(=O)CCC(F)(F)F)c3)cnc2c1)C(=O)N1CCC(C#N)CC1. The lowest BCUT2D eigenvalue weighted by Gasteiger charge is -2.30. The number of carbonyl (C=O) groups excluding carboxylic acids is 2. The van der Waals surface area contributed by atoms with Gasteiger partial charge in [-0.15, -0.1) is 0 Å². The van der Waals surface area contributed by atoms with Gasteiger partial charge in [-0.25, -0.2) is 9.50 Å². The van der Waals surface area contributed by atoms with Crippen LogP contribution in [0.25, 0.3) is 22.5 Å². The van der Waals surface area contributed by atoms with E-state index in [0.29, 0.717) is 59.5 Å². The third-order valence-electron chi connectivity index (χ3n) is 6.97. The van der Waals surface area contributed by atoms with Crippen molar-refractivity contribution in [2.24, 2.45) is 16.6 Å². The highest BCUT2D eigenvalue weighted by Gasteiger charge is 2.28. The van der Waals surface area contributed by atoms with Crippen LogP contribution in [-0.4, -0.2) is 62.7 Å². The van der Waals surface area contributed by atoms with Gasteiger partial charge >= 0.3 is 6.18 Å². The summed E-state index contributed by atoms with van der Waals surface area (Å²) in [6.07, 6.45) is 1.28. The lowest BCUT2D eigenvalue weighted by Crippen LogP contribution is -2.42. The number of benzene rings is 1. The molecule has 1 fully saturated rings. The largest absolute Gasteiger partial charge is 0.404 e. The number of ketones is 1. The Labute approximate surface area is 235 Å². The Morgan fingerprint density at radius 1 is 1.24 bits per heavy atom. The number of rotatable bonds is 9. The summed E-state index contributed by atoms with van der Waals surface area (Å²) in [4.78, 5) is 35.4. The number of amides is 1. The maximum absolute atomic E-state index is 12.8. The molecule has 1 amide bonds. The zero-order valence-corrected chi connectivity index (χ0v) is 22.5. The van der Waals surface area contributed by atoms with E-state index in [4.69, 9.17) is 11.0 Å². The molecule has 1 unspecified atom stereocenters. The van der Waals surface area contributed by atoms with Crippen LogP contribution < -0.4 is 5.73 Å². The number of alkyl halides is 3. The van der Waals surface area contributed by atoms with Crippen LogP contribution in [0.4, 0.5) is 13.2 Å². The summed E-state index contributed by atoms with van der Waals surface area (Å²) in [6.45, 7) is 2.79. The number of nitrogens with zero attached hydrogens (tertiary/aromatic N) is 6. The molecule has 0 saturated carbocycles. The highest BCUT2D eigenvalue weighted by atomic mass is 19.4. The first kappa shape index (κ1) is 29.5. The summed E-state index contributed by atoms with van der Waals surface area (Å²) in [7, 11) is 0. The first-order valence-corrected chi connectivity index (χ1v) is 13.2. The van der Waals surface area contributed by atoms with E-state index in [9.17, 15) is 22.8 Å². The molecule has 1 aliphatic rings. The van der Waals surface area contributed by atoms with Crippen molar-refractivity contribution in [3.8, 4) is 17.3 Å². The number of allylic oxidation sites excluding steroid dienone is 1. The molecule has 0 aliphatic carbocycles. The second kappa shape index (κ2) is 12.8. The predicted molar refractivity (Wildman–Crippen MR) is 147 cm³/mol. The summed E-state index contributed by atoms with van der Waals surface area (Å²) in [5.41, 5.74) is 9.51. The zero-order valence-electron chi connectivity index (χ0n) is 22.5. The van der Waals surface area contributed by atoms with Crippen LogP contribution in [0.1, 0.15) is 43.7 Å². The van der Waals surface area contributed by atoms with E-state index in [1.807, 2.05) is 6.07 Å². The number of imidazole rings is 1. The highest BCUT2D eigenvalue weighted by molar-refractivity contribution is 6.10. The van der Waals surface area contributed by atoms with Crippen LogP contribution in [0.3, 0.4) is 0 Å². The van der Waals surface area contributed by atoms with Gasteiger partial charge in [0.25, 0.3) is 0 Å². The van der Waals surface area contributed by atoms with Crippen molar-refractivity contribution in [1.29, 1.82) is 5.26 Å². The number of nitriles is 1. The number of aliphatic imine (C=N–C) groups is 1. The average Bonchev–Trinajstić information content (AvgIpc) is 3.39. The van der Waals surface area contributed by atoms with Gasteiger partial charge in [0.2, 0.25) is 5.91 Å². The van der Waals surface area contributed by atoms with Crippen LogP contribution >= 0.6 is 0 Å². The molecule has 3 aromatic rings. The number of hydrogen-bond acceptors (Lipinski definition) is 7. The Hall–Kier alpha value is -4.53. The minimum atomic E-state index is -4.37. The van der Waals surface area contributed by atoms with Crippen molar-refractivity contribution in [1.82, 2.24) is 19.5 Å². The first-order chi connectivity index (χ1) is 19.6. The van der Waals surface area contributed by atoms with Gasteiger partial charge < -0.3 is 10.6 Å². The number of piperidine rings is 1. The molecule has 214 valence electrons. The molecule has 1 atom stereocenters. The molecule has 1 saturated heterocycles. The Morgan fingerprint density at radius 2 is 2.00 bits per heavy atom. The topological polar surface area (TPSA) is 130 Å². The van der Waals surface area contributed by atoms with Gasteiger partial charge in [0.15, 0.2) is 5.65 Å². The van der Waals surface area contributed by atoms with Crippen LogP contribution in [0.2, 0.25) is 0 Å². The number of carbonyl (C=O) groups is 2. The normalized spacial score (nSPS) is 15.8. The van der Waals surface area contributed by atoms with Crippen molar-refractivity contribution in [3.63, 3.8) is 0 Å². The van der Waals surface area contributed by atoms with Gasteiger partial charge in [0.05, 0.1) is 30.6 Å². The van der Waals surface area contributed by atoms with E-state index in [-0.39, 0.29) is 18.2 Å². The monoisotopic (exact) mass is 565 g/mol. The lowest BCUT2D eigenvalue weighted by molar-refractivity contribution is -0.143. The fourth-order valence-corrected chi connectivity index (χ4v) is 4.63. The van der Waals surface area contributed by atoms with Gasteiger partial charge in [-0.1, -0.05) is 18.2 Å². The molecule has 9 nitrogen and oxygen atoms in total. The minimum Gasteiger partial charge on any atom is -0.404 e. The van der Waals surface area contributed by atoms with Crippen LogP contribution in [0.15, 0.2) is 53.9 Å². The Balaban J connectivity index is 1.45. The molecule has 2 N–H and O–H groups in total. The van der Waals surface area contributed by atoms with E-state index in [2.05, 4.69) is 21.1 Å². The fourth-order valence-electron chi connectivity index (χ4n) is 4.63. The molecule has 3 heterocycles. The number of halogens is 3. The molecule has 41 heavy (non-hydrogen) atoms. The van der Waals surface area contributed by atoms with E-state index in [1.54, 1.807) is 53.0 Å². The van der Waals surface area contributed by atoms with Crippen LogP contribution in [0.5, 0.6) is 0 Å². The molecule has 0 spiro atoms. The van der Waals surface area contributed by atoms with Gasteiger partial charge in [0, 0.05) is 61.0 Å². The summed E-state index contributed by atoms with van der Waals surface area (Å²) in [6, 6.07) is 10.4. The summed E-state index contributed by atoms with van der Waals surface area (Å²) in [5.74, 6) is -0.604. The minimum absolute atomic E-state index is 0.0139. The van der Waals surface area contributed by atoms with Gasteiger partial charge in [-0.3, -0.25) is 14.6 Å². The van der Waals surface area contributed by atoms with Crippen molar-refractivity contribution < 1.29 is 22.8 Å². The molecule has 1 aromatic carbocycles. The summed E-state index contributed by atoms with van der Waals surface area (Å²) < 4.78 is 38.9. The van der Waals surface area contributed by atoms with E-state index < -0.39 is 30.8 Å². The predicted octanol–water partition coefficient (Wildman–Crippen LogP) is 4.37. The maximum Gasteiger partial charge on any atom is 0.389 e. The van der Waals surface area contributed by atoms with Gasteiger partial charge in [-0.2, -0.15) is 23.5 Å². The molecule has 0 bridgehead atoms. The third kappa shape index (κ3) is 7.57. The van der Waals surface area contributed by atoms with Crippen LogP contribution in [0, 0.1) is 17.2 Å². The Kier molecular flexibility index (Phi) is 9.17. The number of hydrogen-bond donors (Lipinski definition) is 1. The molecule has 1 aliphatic heterocycles. The second-order valence-corrected chi connectivity index (χ2v) is 9.99. The third-order valence-corrected chi connectivity index (χ3v) is 6.97. The van der Waals surface area contributed by atoms with Crippen LogP contribution in [-0.2, 0) is 16.0 Å². The summed E-state index contributed by atoms with van der Waals surface area (Å²) in [5, 5.41) is 13.5. The molecule has 4 rings (SSSR count). The molecule has 12 heteroatoms. The Bertz CT molecular complexity index is 1510. The van der Waals surface area contributed by atoms with Crippen molar-refractivity contribution >= 4 is 29.1 Å². The highest BCUT2D eigenvalue weighted by Crippen LogP contribution is 2.25. The molecular formula is C29H30F3N7O2. The van der Waals surface area contributed by atoms with E-state index >= 15 is 0 Å². The molecule has 0 radical (unpaired) electrons. The van der Waals surface area contributed by atoms with E-state index in [0.717, 1.165) is 0 Å². The molecule has 2 aromatic heterocycles. The second-order valence-electron chi connectivity index (χ2n) is 9.99. The molecular weight excluding hydrogens is 535 g/mol. The quantitative estimate of drug-likeness (QED) is 0.384. The zero-order chi connectivity index (χ0) is 29.6. The number of likely N-dealkylation sites (tertiary alicyclic amines) is 1. The smallest absolute Gasteiger partial charge is 0.389 e. The van der Waals surface area contributed by atoms with E-state index in [1.165, 1.54) is 12.4 Å². The standard InChI is InChI=1S/C29H30F3N7O2/c1-19(28(41)38-9-6-20(14-33)7-10-38)35-16-24(15-34)23-13-27-36-18-26(39(27)37-17-23)22-4-2-3-21(11-22)12-25(40)5-8-29(30,31)32/h2-4,11,13,15-20H,5-10,12,34H2,1H3. The van der Waals surface area contributed by atoms with Crippen molar-refractivity contribution in [3.05, 3.63) is 60.1 Å². The summed E-state index contributed by atoms with van der Waals surface area (Å²) >= 11 is 0. The maximum atomic E-state index is 12.8. The number of fused-ring (bicyclic) bond motifs is 1.